The lowest BCUT2D eigenvalue weighted by Crippen LogP contribution is -2.22. The average Bonchev–Trinajstić information content (AvgIpc) is 3.03. The Morgan fingerprint density at radius 3 is 2.75 bits per heavy atom. The minimum Gasteiger partial charge on any atom is -0.484 e. The van der Waals surface area contributed by atoms with Crippen molar-refractivity contribution < 1.29 is 14.3 Å². The predicted molar refractivity (Wildman–Crippen MR) is 111 cm³/mol. The maximum absolute atomic E-state index is 12.4. The summed E-state index contributed by atoms with van der Waals surface area (Å²) in [7, 11) is 0. The molecule has 2 aromatic carbocycles. The van der Waals surface area contributed by atoms with E-state index in [0.717, 1.165) is 23.0 Å². The van der Waals surface area contributed by atoms with Gasteiger partial charge < -0.3 is 14.0 Å². The van der Waals surface area contributed by atoms with Crippen molar-refractivity contribution in [2.24, 2.45) is 0 Å². The first-order valence-corrected chi connectivity index (χ1v) is 9.61. The molecule has 6 nitrogen and oxygen atoms in total. The largest absolute Gasteiger partial charge is 0.484 e. The summed E-state index contributed by atoms with van der Waals surface area (Å²) in [6.07, 6.45) is 0.843. The van der Waals surface area contributed by atoms with Gasteiger partial charge in [-0.1, -0.05) is 18.2 Å². The number of aromatic nitrogens is 2. The molecule has 3 rings (SSSR count). The lowest BCUT2D eigenvalue weighted by atomic mass is 10.1. The molecule has 6 heteroatoms. The number of amides is 1. The van der Waals surface area contributed by atoms with Crippen molar-refractivity contribution in [3.05, 3.63) is 53.6 Å². The molecule has 0 aliphatic rings. The van der Waals surface area contributed by atoms with Gasteiger partial charge in [0.2, 0.25) is 5.95 Å². The number of fused-ring (bicyclic) bond motifs is 1. The number of benzene rings is 2. The fraction of sp³-hybridized carbons (Fsp3) is 0.364. The van der Waals surface area contributed by atoms with Gasteiger partial charge in [-0.05, 0) is 62.6 Å². The number of nitrogens with one attached hydrogen (secondary N) is 1. The van der Waals surface area contributed by atoms with Gasteiger partial charge in [0.15, 0.2) is 6.61 Å². The van der Waals surface area contributed by atoms with E-state index in [1.807, 2.05) is 67.8 Å². The molecule has 0 atom stereocenters. The molecule has 0 aliphatic carbocycles. The molecule has 28 heavy (non-hydrogen) atoms. The highest BCUT2D eigenvalue weighted by Gasteiger charge is 2.13. The normalized spacial score (nSPS) is 11.0. The Bertz CT molecular complexity index is 949. The van der Waals surface area contributed by atoms with E-state index in [1.54, 1.807) is 0 Å². The fourth-order valence-electron chi connectivity index (χ4n) is 2.98. The summed E-state index contributed by atoms with van der Waals surface area (Å²) in [5, 5.41) is 2.88. The quantitative estimate of drug-likeness (QED) is 0.567. The van der Waals surface area contributed by atoms with E-state index in [2.05, 4.69) is 10.3 Å². The number of rotatable bonds is 9. The van der Waals surface area contributed by atoms with Crippen LogP contribution in [0.5, 0.6) is 5.75 Å². The molecule has 0 saturated carbocycles. The number of ether oxygens (including phenoxy) is 2. The SMILES string of the molecule is CCOCCCn1c(NC(=O)COc2ccc(C)c(C)c2)nc2ccccc21. The van der Waals surface area contributed by atoms with Crippen LogP contribution in [0.1, 0.15) is 24.5 Å². The Kier molecular flexibility index (Phi) is 6.66. The van der Waals surface area contributed by atoms with Crippen LogP contribution in [0.25, 0.3) is 11.0 Å². The number of anilines is 1. The number of aryl methyl sites for hydroxylation is 3. The highest BCUT2D eigenvalue weighted by atomic mass is 16.5. The molecule has 0 unspecified atom stereocenters. The topological polar surface area (TPSA) is 65.4 Å². The molecular formula is C22H27N3O3. The number of carbonyl (C=O) groups is 1. The number of carbonyl (C=O) groups excluding carboxylic acids is 1. The summed E-state index contributed by atoms with van der Waals surface area (Å²) < 4.78 is 13.1. The van der Waals surface area contributed by atoms with Crippen LogP contribution in [0.3, 0.4) is 0 Å². The zero-order chi connectivity index (χ0) is 19.9. The third-order valence-corrected chi connectivity index (χ3v) is 4.63. The van der Waals surface area contributed by atoms with Gasteiger partial charge in [-0.25, -0.2) is 4.98 Å². The number of para-hydroxylation sites is 2. The van der Waals surface area contributed by atoms with Gasteiger partial charge in [0.05, 0.1) is 11.0 Å². The molecule has 148 valence electrons. The lowest BCUT2D eigenvalue weighted by Gasteiger charge is -2.11. The first-order valence-electron chi connectivity index (χ1n) is 9.61. The molecule has 1 amide bonds. The molecule has 0 fully saturated rings. The summed E-state index contributed by atoms with van der Waals surface area (Å²) in [6.45, 7) is 8.07. The van der Waals surface area contributed by atoms with Gasteiger partial charge in [-0.15, -0.1) is 0 Å². The van der Waals surface area contributed by atoms with Crippen molar-refractivity contribution in [2.45, 2.75) is 33.7 Å². The van der Waals surface area contributed by atoms with Crippen LogP contribution >= 0.6 is 0 Å². The Morgan fingerprint density at radius 2 is 1.96 bits per heavy atom. The molecule has 1 aromatic heterocycles. The minimum absolute atomic E-state index is 0.0648. The third-order valence-electron chi connectivity index (χ3n) is 4.63. The Morgan fingerprint density at radius 1 is 1.14 bits per heavy atom. The second kappa shape index (κ2) is 9.37. The second-order valence-electron chi connectivity index (χ2n) is 6.71. The van der Waals surface area contributed by atoms with Crippen molar-refractivity contribution in [2.75, 3.05) is 25.1 Å². The number of nitrogens with zero attached hydrogens (tertiary/aromatic N) is 2. The summed E-state index contributed by atoms with van der Waals surface area (Å²) in [5.41, 5.74) is 4.17. The van der Waals surface area contributed by atoms with Crippen LogP contribution < -0.4 is 10.1 Å². The number of imidazole rings is 1. The Hall–Kier alpha value is -2.86. The summed E-state index contributed by atoms with van der Waals surface area (Å²) in [5.74, 6) is 0.981. The predicted octanol–water partition coefficient (Wildman–Crippen LogP) is 4.10. The Balaban J connectivity index is 1.67. The van der Waals surface area contributed by atoms with Gasteiger partial charge >= 0.3 is 0 Å². The molecule has 1 N–H and O–H groups in total. The molecule has 0 spiro atoms. The second-order valence-corrected chi connectivity index (χ2v) is 6.71. The first-order chi connectivity index (χ1) is 13.6. The minimum atomic E-state index is -0.236. The van der Waals surface area contributed by atoms with Crippen molar-refractivity contribution in [1.29, 1.82) is 0 Å². The standard InChI is InChI=1S/C22H27N3O3/c1-4-27-13-7-12-25-20-9-6-5-8-19(20)23-22(25)24-21(26)15-28-18-11-10-16(2)17(3)14-18/h5-6,8-11,14H,4,7,12-13,15H2,1-3H3,(H,23,24,26). The van der Waals surface area contributed by atoms with Crippen LogP contribution in [0.4, 0.5) is 5.95 Å². The molecule has 0 bridgehead atoms. The molecule has 0 radical (unpaired) electrons. The number of hydrogen-bond donors (Lipinski definition) is 1. The molecule has 0 aliphatic heterocycles. The van der Waals surface area contributed by atoms with Crippen molar-refractivity contribution in [3.63, 3.8) is 0 Å². The molecule has 3 aromatic rings. The van der Waals surface area contributed by atoms with E-state index in [0.29, 0.717) is 31.5 Å². The van der Waals surface area contributed by atoms with Gasteiger partial charge in [0.1, 0.15) is 5.75 Å². The van der Waals surface area contributed by atoms with Crippen molar-refractivity contribution in [1.82, 2.24) is 9.55 Å². The fourth-order valence-corrected chi connectivity index (χ4v) is 2.98. The molecular weight excluding hydrogens is 354 g/mol. The van der Waals surface area contributed by atoms with E-state index in [4.69, 9.17) is 9.47 Å². The zero-order valence-electron chi connectivity index (χ0n) is 16.7. The van der Waals surface area contributed by atoms with Gasteiger partial charge in [0.25, 0.3) is 5.91 Å². The van der Waals surface area contributed by atoms with E-state index in [9.17, 15) is 4.79 Å². The maximum Gasteiger partial charge on any atom is 0.264 e. The van der Waals surface area contributed by atoms with Crippen LogP contribution in [-0.4, -0.2) is 35.3 Å². The van der Waals surface area contributed by atoms with Gasteiger partial charge in [-0.2, -0.15) is 0 Å². The van der Waals surface area contributed by atoms with Crippen molar-refractivity contribution in [3.8, 4) is 5.75 Å². The number of hydrogen-bond acceptors (Lipinski definition) is 4. The highest BCUT2D eigenvalue weighted by molar-refractivity contribution is 5.92. The van der Waals surface area contributed by atoms with Gasteiger partial charge in [0, 0.05) is 19.8 Å². The highest BCUT2D eigenvalue weighted by Crippen LogP contribution is 2.20. The lowest BCUT2D eigenvalue weighted by molar-refractivity contribution is -0.118. The monoisotopic (exact) mass is 381 g/mol. The third kappa shape index (κ3) is 4.89. The van der Waals surface area contributed by atoms with Gasteiger partial charge in [-0.3, -0.25) is 10.1 Å². The van der Waals surface area contributed by atoms with Crippen molar-refractivity contribution >= 4 is 22.9 Å². The van der Waals surface area contributed by atoms with E-state index >= 15 is 0 Å². The smallest absolute Gasteiger partial charge is 0.264 e. The summed E-state index contributed by atoms with van der Waals surface area (Å²) >= 11 is 0. The first kappa shape index (κ1) is 19.9. The molecule has 1 heterocycles. The van der Waals surface area contributed by atoms with E-state index < -0.39 is 0 Å². The van der Waals surface area contributed by atoms with Crippen LogP contribution in [0, 0.1) is 13.8 Å². The average molecular weight is 381 g/mol. The molecule has 0 saturated heterocycles. The van der Waals surface area contributed by atoms with Crippen LogP contribution in [0.2, 0.25) is 0 Å². The van der Waals surface area contributed by atoms with Crippen LogP contribution in [0.15, 0.2) is 42.5 Å². The van der Waals surface area contributed by atoms with Crippen LogP contribution in [-0.2, 0) is 16.1 Å². The zero-order valence-corrected chi connectivity index (χ0v) is 16.7. The maximum atomic E-state index is 12.4. The summed E-state index contributed by atoms with van der Waals surface area (Å²) in [6, 6.07) is 13.6. The summed E-state index contributed by atoms with van der Waals surface area (Å²) in [4.78, 5) is 17.0. The Labute approximate surface area is 165 Å². The van der Waals surface area contributed by atoms with E-state index in [-0.39, 0.29) is 12.5 Å². The van der Waals surface area contributed by atoms with E-state index in [1.165, 1.54) is 5.56 Å².